The number of likely N-dealkylation sites (tertiary alicyclic amines) is 1. The Morgan fingerprint density at radius 3 is 2.19 bits per heavy atom. The number of benzene rings is 1. The van der Waals surface area contributed by atoms with Crippen LogP contribution in [0.25, 0.3) is 0 Å². The number of Topliss-reactive ketones (excluding diaryl/α,β-unsaturated/α-hetero) is 1. The molecule has 2 aliphatic rings. The summed E-state index contributed by atoms with van der Waals surface area (Å²) in [6, 6.07) is 6.49. The zero-order chi connectivity index (χ0) is 19.4. The van der Waals surface area contributed by atoms with Crippen molar-refractivity contribution in [3.8, 4) is 5.75 Å². The highest BCUT2D eigenvalue weighted by Crippen LogP contribution is 2.37. The van der Waals surface area contributed by atoms with Crippen LogP contribution in [0.3, 0.4) is 0 Å². The van der Waals surface area contributed by atoms with Crippen molar-refractivity contribution in [1.29, 1.82) is 0 Å². The van der Waals surface area contributed by atoms with E-state index in [0.29, 0.717) is 11.3 Å². The van der Waals surface area contributed by atoms with Gasteiger partial charge in [-0.05, 0) is 37.1 Å². The highest BCUT2D eigenvalue weighted by molar-refractivity contribution is 6.05. The number of amides is 2. The lowest BCUT2D eigenvalue weighted by molar-refractivity contribution is -0.145. The molecule has 2 fully saturated rings. The van der Waals surface area contributed by atoms with Gasteiger partial charge in [0, 0.05) is 12.1 Å². The number of methoxy groups -OCH3 is 1. The largest absolute Gasteiger partial charge is 0.497 e. The van der Waals surface area contributed by atoms with Crippen molar-refractivity contribution in [3.05, 3.63) is 29.8 Å². The van der Waals surface area contributed by atoms with E-state index in [-0.39, 0.29) is 49.0 Å². The average molecular weight is 373 g/mol. The van der Waals surface area contributed by atoms with E-state index in [1.807, 2.05) is 0 Å². The number of ether oxygens (including phenoxy) is 2. The predicted octanol–water partition coefficient (Wildman–Crippen LogP) is 1.99. The topological polar surface area (TPSA) is 90.0 Å². The van der Waals surface area contributed by atoms with Gasteiger partial charge in [0.2, 0.25) is 11.8 Å². The molecule has 1 saturated heterocycles. The normalized spacial score (nSPS) is 21.7. The van der Waals surface area contributed by atoms with Crippen LogP contribution >= 0.6 is 0 Å². The second kappa shape index (κ2) is 8.33. The molecule has 2 atom stereocenters. The summed E-state index contributed by atoms with van der Waals surface area (Å²) in [4.78, 5) is 49.9. The Labute approximate surface area is 157 Å². The fraction of sp³-hybridized carbons (Fsp3) is 0.500. The number of ketones is 1. The van der Waals surface area contributed by atoms with E-state index in [9.17, 15) is 19.2 Å². The summed E-state index contributed by atoms with van der Waals surface area (Å²) in [5, 5.41) is 0. The average Bonchev–Trinajstić information content (AvgIpc) is 2.95. The minimum atomic E-state index is -0.604. The molecule has 0 spiro atoms. The molecule has 1 aliphatic carbocycles. The van der Waals surface area contributed by atoms with E-state index >= 15 is 0 Å². The summed E-state index contributed by atoms with van der Waals surface area (Å²) in [5.41, 5.74) is 0.414. The van der Waals surface area contributed by atoms with Crippen LogP contribution in [-0.2, 0) is 19.1 Å². The van der Waals surface area contributed by atoms with E-state index in [0.717, 1.165) is 25.7 Å². The van der Waals surface area contributed by atoms with E-state index in [1.165, 1.54) is 12.0 Å². The van der Waals surface area contributed by atoms with Crippen molar-refractivity contribution in [2.75, 3.05) is 20.3 Å². The van der Waals surface area contributed by atoms with Gasteiger partial charge in [0.25, 0.3) is 0 Å². The van der Waals surface area contributed by atoms with Gasteiger partial charge in [0.15, 0.2) is 12.4 Å². The van der Waals surface area contributed by atoms with Crippen LogP contribution in [-0.4, -0.2) is 48.7 Å². The molecule has 3 rings (SSSR count). The molecule has 1 aromatic rings. The number of hydrogen-bond acceptors (Lipinski definition) is 6. The molecular weight excluding hydrogens is 350 g/mol. The SMILES string of the molecule is COc1ccc(C(=O)COC(=O)CCN2C(=O)[C@H]3CCCC[C@H]3C2=O)cc1. The molecule has 1 aromatic carbocycles. The monoisotopic (exact) mass is 373 g/mol. The third kappa shape index (κ3) is 4.18. The summed E-state index contributed by atoms with van der Waals surface area (Å²) in [5.74, 6) is -1.10. The molecule has 0 aromatic heterocycles. The first-order valence-corrected chi connectivity index (χ1v) is 9.19. The van der Waals surface area contributed by atoms with Crippen LogP contribution in [0.4, 0.5) is 0 Å². The standard InChI is InChI=1S/C20H23NO6/c1-26-14-8-6-13(7-9-14)17(22)12-27-18(23)10-11-21-19(24)15-4-2-3-5-16(15)20(21)25/h6-9,15-16H,2-5,10-12H2,1H3/t15-,16+. The highest BCUT2D eigenvalue weighted by atomic mass is 16.5. The van der Waals surface area contributed by atoms with Gasteiger partial charge < -0.3 is 9.47 Å². The van der Waals surface area contributed by atoms with Crippen molar-refractivity contribution in [3.63, 3.8) is 0 Å². The Bertz CT molecular complexity index is 717. The molecule has 7 heteroatoms. The third-order valence-electron chi connectivity index (χ3n) is 5.25. The Balaban J connectivity index is 1.46. The van der Waals surface area contributed by atoms with E-state index in [2.05, 4.69) is 0 Å². The smallest absolute Gasteiger partial charge is 0.308 e. The van der Waals surface area contributed by atoms with Crippen LogP contribution in [0.2, 0.25) is 0 Å². The molecule has 1 heterocycles. The minimum Gasteiger partial charge on any atom is -0.497 e. The molecule has 1 aliphatic heterocycles. The Kier molecular flexibility index (Phi) is 5.88. The number of hydrogen-bond donors (Lipinski definition) is 0. The van der Waals surface area contributed by atoms with Crippen molar-refractivity contribution in [2.45, 2.75) is 32.1 Å². The van der Waals surface area contributed by atoms with Gasteiger partial charge in [-0.2, -0.15) is 0 Å². The quantitative estimate of drug-likeness (QED) is 0.412. The molecule has 0 radical (unpaired) electrons. The van der Waals surface area contributed by atoms with Gasteiger partial charge >= 0.3 is 5.97 Å². The maximum Gasteiger partial charge on any atom is 0.308 e. The van der Waals surface area contributed by atoms with E-state index < -0.39 is 5.97 Å². The van der Waals surface area contributed by atoms with Gasteiger partial charge in [-0.15, -0.1) is 0 Å². The summed E-state index contributed by atoms with van der Waals surface area (Å²) in [7, 11) is 1.53. The Morgan fingerprint density at radius 2 is 1.63 bits per heavy atom. The predicted molar refractivity (Wildman–Crippen MR) is 95.1 cm³/mol. The first-order chi connectivity index (χ1) is 13.0. The molecule has 144 valence electrons. The molecule has 27 heavy (non-hydrogen) atoms. The van der Waals surface area contributed by atoms with Gasteiger partial charge in [-0.25, -0.2) is 0 Å². The van der Waals surface area contributed by atoms with Crippen molar-refractivity contribution in [2.24, 2.45) is 11.8 Å². The van der Waals surface area contributed by atoms with Crippen LogP contribution < -0.4 is 4.74 Å². The Hall–Kier alpha value is -2.70. The first kappa shape index (κ1) is 19.1. The van der Waals surface area contributed by atoms with Gasteiger partial charge in [0.05, 0.1) is 25.4 Å². The summed E-state index contributed by atoms with van der Waals surface area (Å²) >= 11 is 0. The van der Waals surface area contributed by atoms with E-state index in [1.54, 1.807) is 24.3 Å². The van der Waals surface area contributed by atoms with Crippen LogP contribution in [0.15, 0.2) is 24.3 Å². The molecule has 0 unspecified atom stereocenters. The number of imide groups is 1. The van der Waals surface area contributed by atoms with Crippen molar-refractivity contribution in [1.82, 2.24) is 4.90 Å². The van der Waals surface area contributed by atoms with Crippen LogP contribution in [0.1, 0.15) is 42.5 Å². The number of rotatable bonds is 7. The van der Waals surface area contributed by atoms with Crippen molar-refractivity contribution < 1.29 is 28.7 Å². The zero-order valence-electron chi connectivity index (χ0n) is 15.3. The van der Waals surface area contributed by atoms with Crippen LogP contribution in [0.5, 0.6) is 5.75 Å². The van der Waals surface area contributed by atoms with Crippen molar-refractivity contribution >= 4 is 23.6 Å². The minimum absolute atomic E-state index is 0.0141. The molecular formula is C20H23NO6. The van der Waals surface area contributed by atoms with Crippen LogP contribution in [0, 0.1) is 11.8 Å². The Morgan fingerprint density at radius 1 is 1.04 bits per heavy atom. The van der Waals surface area contributed by atoms with Gasteiger partial charge in [-0.1, -0.05) is 12.8 Å². The zero-order valence-corrected chi connectivity index (χ0v) is 15.3. The molecule has 0 bridgehead atoms. The number of nitrogens with zero attached hydrogens (tertiary/aromatic N) is 1. The molecule has 1 saturated carbocycles. The number of carbonyl (C=O) groups is 4. The lowest BCUT2D eigenvalue weighted by Crippen LogP contribution is -2.33. The number of carbonyl (C=O) groups excluding carboxylic acids is 4. The lowest BCUT2D eigenvalue weighted by Gasteiger charge is -2.19. The lowest BCUT2D eigenvalue weighted by atomic mass is 9.81. The number of fused-ring (bicyclic) bond motifs is 1. The van der Waals surface area contributed by atoms with E-state index in [4.69, 9.17) is 9.47 Å². The summed E-state index contributed by atoms with van der Waals surface area (Å²) < 4.78 is 10.0. The fourth-order valence-corrected chi connectivity index (χ4v) is 3.73. The maximum absolute atomic E-state index is 12.4. The highest BCUT2D eigenvalue weighted by Gasteiger charge is 2.47. The fourth-order valence-electron chi connectivity index (χ4n) is 3.73. The molecule has 7 nitrogen and oxygen atoms in total. The first-order valence-electron chi connectivity index (χ1n) is 9.19. The second-order valence-corrected chi connectivity index (χ2v) is 6.89. The molecule has 0 N–H and O–H groups in total. The summed E-state index contributed by atoms with van der Waals surface area (Å²) in [6.07, 6.45) is 3.30. The summed E-state index contributed by atoms with van der Waals surface area (Å²) in [6.45, 7) is -0.363. The third-order valence-corrected chi connectivity index (χ3v) is 5.25. The van der Waals surface area contributed by atoms with Gasteiger partial charge in [-0.3, -0.25) is 24.1 Å². The maximum atomic E-state index is 12.4. The molecule has 2 amide bonds. The van der Waals surface area contributed by atoms with Gasteiger partial charge in [0.1, 0.15) is 5.75 Å². The number of esters is 1. The second-order valence-electron chi connectivity index (χ2n) is 6.89.